The van der Waals surface area contributed by atoms with Gasteiger partial charge >= 0.3 is 6.30 Å². The van der Waals surface area contributed by atoms with E-state index in [1.54, 1.807) is 18.2 Å². The van der Waals surface area contributed by atoms with E-state index in [-0.39, 0.29) is 0 Å². The fourth-order valence-corrected chi connectivity index (χ4v) is 1.12. The summed E-state index contributed by atoms with van der Waals surface area (Å²) in [6.07, 6.45) is -4.46. The molecular formula is C8H7ClF3N. The lowest BCUT2D eigenvalue weighted by Gasteiger charge is -2.14. The summed E-state index contributed by atoms with van der Waals surface area (Å²) in [5.41, 5.74) is -0.845. The fraction of sp³-hybridized carbons (Fsp3) is 0.250. The predicted molar refractivity (Wildman–Crippen MR) is 44.2 cm³/mol. The molecule has 1 aromatic rings. The quantitative estimate of drug-likeness (QED) is 0.583. The van der Waals surface area contributed by atoms with Crippen LogP contribution in [-0.2, 0) is 0 Å². The van der Waals surface area contributed by atoms with Gasteiger partial charge in [-0.25, -0.2) is 5.32 Å². The third-order valence-electron chi connectivity index (χ3n) is 1.38. The van der Waals surface area contributed by atoms with Gasteiger partial charge in [-0.2, -0.15) is 13.2 Å². The first-order chi connectivity index (χ1) is 5.99. The Hall–Kier alpha value is -0.740. The van der Waals surface area contributed by atoms with Gasteiger partial charge in [-0.3, -0.25) is 0 Å². The molecule has 1 rings (SSSR count). The lowest BCUT2D eigenvalue weighted by atomic mass is 10.2. The monoisotopic (exact) mass is 209 g/mol. The minimum Gasteiger partial charge on any atom is -0.207 e. The Balaban J connectivity index is 2.64. The number of halogens is 4. The first-order valence-electron chi connectivity index (χ1n) is 3.52. The molecule has 0 saturated heterocycles. The standard InChI is InChI=1S/C8H7ClF3N/c9-7(13-8(10,11)12)6-4-2-1-3-5-6/h1-5,7,13H. The van der Waals surface area contributed by atoms with Crippen LogP contribution in [0.1, 0.15) is 11.1 Å². The molecule has 1 nitrogen and oxygen atoms in total. The van der Waals surface area contributed by atoms with E-state index in [1.165, 1.54) is 17.4 Å². The summed E-state index contributed by atoms with van der Waals surface area (Å²) < 4.78 is 35.4. The van der Waals surface area contributed by atoms with Gasteiger partial charge in [0.1, 0.15) is 5.50 Å². The van der Waals surface area contributed by atoms with Crippen molar-refractivity contribution in [2.75, 3.05) is 0 Å². The highest BCUT2D eigenvalue weighted by atomic mass is 35.5. The van der Waals surface area contributed by atoms with E-state index in [4.69, 9.17) is 11.6 Å². The molecule has 1 N–H and O–H groups in total. The molecule has 1 unspecified atom stereocenters. The van der Waals surface area contributed by atoms with E-state index in [1.807, 2.05) is 0 Å². The highest BCUT2D eigenvalue weighted by Crippen LogP contribution is 2.22. The molecule has 0 fully saturated rings. The van der Waals surface area contributed by atoms with Crippen LogP contribution in [0.4, 0.5) is 13.2 Å². The number of hydrogen-bond donors (Lipinski definition) is 1. The number of hydrogen-bond acceptors (Lipinski definition) is 1. The summed E-state index contributed by atoms with van der Waals surface area (Å²) >= 11 is 5.46. The molecule has 1 atom stereocenters. The van der Waals surface area contributed by atoms with Crippen molar-refractivity contribution >= 4 is 11.6 Å². The molecule has 5 heteroatoms. The SMILES string of the molecule is FC(F)(F)NC(Cl)c1ccccc1. The topological polar surface area (TPSA) is 12.0 Å². The number of nitrogens with one attached hydrogen (secondary N) is 1. The van der Waals surface area contributed by atoms with Crippen LogP contribution in [-0.4, -0.2) is 6.30 Å². The van der Waals surface area contributed by atoms with Gasteiger partial charge in [0.15, 0.2) is 0 Å². The molecule has 0 saturated carbocycles. The highest BCUT2D eigenvalue weighted by Gasteiger charge is 2.30. The molecule has 0 aliphatic carbocycles. The molecule has 72 valence electrons. The normalized spacial score (nSPS) is 14.2. The third kappa shape index (κ3) is 3.65. The van der Waals surface area contributed by atoms with Crippen molar-refractivity contribution in [2.24, 2.45) is 0 Å². The van der Waals surface area contributed by atoms with E-state index >= 15 is 0 Å². The van der Waals surface area contributed by atoms with Gasteiger partial charge in [-0.15, -0.1) is 11.6 Å². The maximum atomic E-state index is 11.8. The average Bonchev–Trinajstić information content (AvgIpc) is 2.03. The second-order valence-corrected chi connectivity index (χ2v) is 2.85. The van der Waals surface area contributed by atoms with Crippen molar-refractivity contribution in [1.29, 1.82) is 0 Å². The smallest absolute Gasteiger partial charge is 0.207 e. The van der Waals surface area contributed by atoms with Crippen LogP contribution in [0, 0.1) is 0 Å². The Morgan fingerprint density at radius 2 is 1.69 bits per heavy atom. The molecule has 0 aliphatic rings. The van der Waals surface area contributed by atoms with Crippen LogP contribution >= 0.6 is 11.6 Å². The maximum absolute atomic E-state index is 11.8. The van der Waals surface area contributed by atoms with Gasteiger partial charge in [0.25, 0.3) is 0 Å². The van der Waals surface area contributed by atoms with Crippen molar-refractivity contribution in [3.63, 3.8) is 0 Å². The number of rotatable bonds is 2. The molecule has 0 spiro atoms. The van der Waals surface area contributed by atoms with E-state index in [0.29, 0.717) is 5.56 Å². The summed E-state index contributed by atoms with van der Waals surface area (Å²) in [4.78, 5) is 0. The summed E-state index contributed by atoms with van der Waals surface area (Å²) in [6, 6.07) is 8.01. The number of benzene rings is 1. The van der Waals surface area contributed by atoms with Gasteiger partial charge < -0.3 is 0 Å². The third-order valence-corrected chi connectivity index (χ3v) is 1.74. The van der Waals surface area contributed by atoms with E-state index in [0.717, 1.165) is 0 Å². The Labute approximate surface area is 78.5 Å². The average molecular weight is 210 g/mol. The van der Waals surface area contributed by atoms with Crippen LogP contribution in [0.3, 0.4) is 0 Å². The zero-order valence-electron chi connectivity index (χ0n) is 6.48. The summed E-state index contributed by atoms with van der Waals surface area (Å²) in [7, 11) is 0. The van der Waals surface area contributed by atoms with Crippen LogP contribution in [0.5, 0.6) is 0 Å². The second-order valence-electron chi connectivity index (χ2n) is 2.42. The fourth-order valence-electron chi connectivity index (χ4n) is 0.849. The predicted octanol–water partition coefficient (Wildman–Crippen LogP) is 3.03. The van der Waals surface area contributed by atoms with E-state index < -0.39 is 11.8 Å². The maximum Gasteiger partial charge on any atom is 0.458 e. The molecule has 1 aromatic carbocycles. The lowest BCUT2D eigenvalue weighted by molar-refractivity contribution is -0.159. The second kappa shape index (κ2) is 3.98. The highest BCUT2D eigenvalue weighted by molar-refractivity contribution is 6.20. The molecule has 0 aromatic heterocycles. The summed E-state index contributed by atoms with van der Waals surface area (Å²) in [5, 5.41) is 1.30. The van der Waals surface area contributed by atoms with E-state index in [9.17, 15) is 13.2 Å². The first-order valence-corrected chi connectivity index (χ1v) is 3.96. The summed E-state index contributed by atoms with van der Waals surface area (Å²) in [6.45, 7) is 0. The van der Waals surface area contributed by atoms with Crippen LogP contribution in [0.15, 0.2) is 30.3 Å². The molecule has 13 heavy (non-hydrogen) atoms. The summed E-state index contributed by atoms with van der Waals surface area (Å²) in [5.74, 6) is 0. The molecule has 0 heterocycles. The van der Waals surface area contributed by atoms with Gasteiger partial charge in [0.2, 0.25) is 0 Å². The van der Waals surface area contributed by atoms with Crippen molar-refractivity contribution in [3.05, 3.63) is 35.9 Å². The molecule has 0 radical (unpaired) electrons. The molecular weight excluding hydrogens is 203 g/mol. The van der Waals surface area contributed by atoms with Crippen molar-refractivity contribution in [3.8, 4) is 0 Å². The Morgan fingerprint density at radius 3 is 2.15 bits per heavy atom. The van der Waals surface area contributed by atoms with Gasteiger partial charge in [0.05, 0.1) is 0 Å². The van der Waals surface area contributed by atoms with Crippen LogP contribution in [0.2, 0.25) is 0 Å². The van der Waals surface area contributed by atoms with Gasteiger partial charge in [-0.1, -0.05) is 30.3 Å². The number of alkyl halides is 4. The molecule has 0 aliphatic heterocycles. The van der Waals surface area contributed by atoms with Gasteiger partial charge in [0, 0.05) is 0 Å². The molecule has 0 amide bonds. The molecule has 0 bridgehead atoms. The van der Waals surface area contributed by atoms with Crippen LogP contribution < -0.4 is 5.32 Å². The Kier molecular flexibility index (Phi) is 3.17. The van der Waals surface area contributed by atoms with E-state index in [2.05, 4.69) is 0 Å². The first kappa shape index (κ1) is 10.3. The Morgan fingerprint density at radius 1 is 1.15 bits per heavy atom. The zero-order chi connectivity index (χ0) is 9.90. The minimum absolute atomic E-state index is 0.390. The zero-order valence-corrected chi connectivity index (χ0v) is 7.23. The van der Waals surface area contributed by atoms with Gasteiger partial charge in [-0.05, 0) is 5.56 Å². The minimum atomic E-state index is -4.46. The van der Waals surface area contributed by atoms with Crippen molar-refractivity contribution in [1.82, 2.24) is 5.32 Å². The Bertz CT molecular complexity index is 260. The van der Waals surface area contributed by atoms with Crippen molar-refractivity contribution in [2.45, 2.75) is 11.8 Å². The lowest BCUT2D eigenvalue weighted by Crippen LogP contribution is -2.32. The van der Waals surface area contributed by atoms with Crippen molar-refractivity contribution < 1.29 is 13.2 Å². The largest absolute Gasteiger partial charge is 0.458 e. The van der Waals surface area contributed by atoms with Crippen LogP contribution in [0.25, 0.3) is 0 Å².